The summed E-state index contributed by atoms with van der Waals surface area (Å²) in [6.45, 7) is 3.62. The van der Waals surface area contributed by atoms with Gasteiger partial charge in [0.15, 0.2) is 0 Å². The number of hydrogen-bond acceptors (Lipinski definition) is 5. The molecule has 4 rings (SSSR count). The highest BCUT2D eigenvalue weighted by molar-refractivity contribution is 6.31. The molecule has 0 aliphatic carbocycles. The van der Waals surface area contributed by atoms with Crippen molar-refractivity contribution in [2.75, 3.05) is 0 Å². The molecule has 2 aromatic heterocycles. The fourth-order valence-electron chi connectivity index (χ4n) is 2.97. The van der Waals surface area contributed by atoms with E-state index >= 15 is 0 Å². The zero-order valence-corrected chi connectivity index (χ0v) is 17.1. The first kappa shape index (κ1) is 19.7. The molecule has 1 amide bonds. The van der Waals surface area contributed by atoms with Gasteiger partial charge in [0.2, 0.25) is 0 Å². The van der Waals surface area contributed by atoms with Crippen molar-refractivity contribution >= 4 is 23.7 Å². The van der Waals surface area contributed by atoms with Crippen molar-refractivity contribution in [1.82, 2.24) is 10.6 Å². The summed E-state index contributed by atoms with van der Waals surface area (Å²) < 4.78 is 11.0. The Balaban J connectivity index is 1.48. The van der Waals surface area contributed by atoms with Gasteiger partial charge in [-0.15, -0.1) is 0 Å². The van der Waals surface area contributed by atoms with E-state index in [0.29, 0.717) is 33.6 Å². The number of halogens is 1. The molecule has 4 aromatic rings. The van der Waals surface area contributed by atoms with Crippen molar-refractivity contribution in [2.24, 2.45) is 5.10 Å². The summed E-state index contributed by atoms with van der Waals surface area (Å²) in [5.74, 6) is 1.15. The second-order valence-corrected chi connectivity index (χ2v) is 7.10. The zero-order chi connectivity index (χ0) is 21.1. The van der Waals surface area contributed by atoms with Crippen LogP contribution in [0.15, 0.2) is 74.7 Å². The molecule has 0 saturated carbocycles. The molecular formula is C23H18ClN3O3. The van der Waals surface area contributed by atoms with Crippen LogP contribution in [0.4, 0.5) is 0 Å². The lowest BCUT2D eigenvalue weighted by Gasteiger charge is -2.01. The van der Waals surface area contributed by atoms with Crippen LogP contribution < -0.4 is 5.43 Å². The fourth-order valence-corrected chi connectivity index (χ4v) is 3.15. The average Bonchev–Trinajstić information content (AvgIpc) is 3.37. The average molecular weight is 420 g/mol. The van der Waals surface area contributed by atoms with Gasteiger partial charge in [-0.25, -0.2) is 5.43 Å². The molecule has 0 aliphatic heterocycles. The molecule has 2 aromatic carbocycles. The molecule has 150 valence electrons. The number of hydrogen-bond donors (Lipinski definition) is 1. The molecule has 0 bridgehead atoms. The minimum atomic E-state index is -0.416. The quantitative estimate of drug-likeness (QED) is 0.335. The van der Waals surface area contributed by atoms with Gasteiger partial charge in [-0.2, -0.15) is 5.10 Å². The van der Waals surface area contributed by atoms with Crippen LogP contribution in [0.1, 0.15) is 27.4 Å². The topological polar surface area (TPSA) is 80.6 Å². The van der Waals surface area contributed by atoms with Crippen LogP contribution in [0.25, 0.3) is 22.6 Å². The van der Waals surface area contributed by atoms with Crippen molar-refractivity contribution in [3.63, 3.8) is 0 Å². The van der Waals surface area contributed by atoms with Gasteiger partial charge in [0, 0.05) is 16.1 Å². The molecule has 30 heavy (non-hydrogen) atoms. The van der Waals surface area contributed by atoms with E-state index in [1.807, 2.05) is 61.5 Å². The van der Waals surface area contributed by atoms with Crippen molar-refractivity contribution in [1.29, 1.82) is 0 Å². The summed E-state index contributed by atoms with van der Waals surface area (Å²) in [5.41, 5.74) is 5.96. The standard InChI is InChI=1S/C23H18ClN3O3/c1-14-8-9-17(12-19(14)24)20-11-10-18(29-20)13-25-26-23(28)21-15(2)30-27-22(21)16-6-4-3-5-7-16/h3-13H,1-2H3,(H,26,28)/b25-13+. The smallest absolute Gasteiger partial charge is 0.277 e. The Morgan fingerprint density at radius 1 is 1.07 bits per heavy atom. The number of rotatable bonds is 5. The lowest BCUT2D eigenvalue weighted by molar-refractivity contribution is 0.0954. The van der Waals surface area contributed by atoms with Gasteiger partial charge < -0.3 is 8.94 Å². The van der Waals surface area contributed by atoms with Crippen LogP contribution in [0.3, 0.4) is 0 Å². The van der Waals surface area contributed by atoms with Gasteiger partial charge in [-0.3, -0.25) is 4.79 Å². The third-order valence-corrected chi connectivity index (χ3v) is 4.99. The van der Waals surface area contributed by atoms with Crippen LogP contribution in [0.5, 0.6) is 0 Å². The van der Waals surface area contributed by atoms with Gasteiger partial charge in [0.1, 0.15) is 28.5 Å². The van der Waals surface area contributed by atoms with E-state index in [4.69, 9.17) is 20.5 Å². The predicted octanol–water partition coefficient (Wildman–Crippen LogP) is 5.64. The summed E-state index contributed by atoms with van der Waals surface area (Å²) in [7, 11) is 0. The molecule has 0 saturated heterocycles. The number of nitrogens with zero attached hydrogens (tertiary/aromatic N) is 2. The number of benzene rings is 2. The van der Waals surface area contributed by atoms with Gasteiger partial charge in [0.25, 0.3) is 5.91 Å². The van der Waals surface area contributed by atoms with Crippen LogP contribution in [-0.4, -0.2) is 17.3 Å². The maximum atomic E-state index is 12.6. The molecule has 0 unspecified atom stereocenters. The number of nitrogens with one attached hydrogen (secondary N) is 1. The largest absolute Gasteiger partial charge is 0.455 e. The van der Waals surface area contributed by atoms with E-state index in [1.54, 1.807) is 13.0 Å². The van der Waals surface area contributed by atoms with Gasteiger partial charge in [0.05, 0.1) is 6.21 Å². The highest BCUT2D eigenvalue weighted by Crippen LogP contribution is 2.27. The van der Waals surface area contributed by atoms with E-state index in [-0.39, 0.29) is 0 Å². The maximum Gasteiger partial charge on any atom is 0.277 e. The summed E-state index contributed by atoms with van der Waals surface area (Å²) >= 11 is 6.18. The Hall–Kier alpha value is -3.64. The van der Waals surface area contributed by atoms with Gasteiger partial charge in [-0.1, -0.05) is 59.2 Å². The summed E-state index contributed by atoms with van der Waals surface area (Å²) in [6.07, 6.45) is 1.43. The first-order chi connectivity index (χ1) is 14.5. The van der Waals surface area contributed by atoms with Crippen molar-refractivity contribution in [2.45, 2.75) is 13.8 Å². The maximum absolute atomic E-state index is 12.6. The van der Waals surface area contributed by atoms with Crippen LogP contribution in [0, 0.1) is 13.8 Å². The molecule has 0 spiro atoms. The molecule has 2 heterocycles. The monoisotopic (exact) mass is 419 g/mol. The van der Waals surface area contributed by atoms with E-state index in [0.717, 1.165) is 16.7 Å². The summed E-state index contributed by atoms with van der Waals surface area (Å²) in [6, 6.07) is 18.6. The lowest BCUT2D eigenvalue weighted by Crippen LogP contribution is -2.18. The van der Waals surface area contributed by atoms with Gasteiger partial charge in [-0.05, 0) is 37.6 Å². The SMILES string of the molecule is Cc1ccc(-c2ccc(/C=N/NC(=O)c3c(-c4ccccc4)noc3C)o2)cc1Cl. The Morgan fingerprint density at radius 3 is 2.63 bits per heavy atom. The van der Waals surface area contributed by atoms with Gasteiger partial charge >= 0.3 is 0 Å². The number of amides is 1. The second kappa shape index (κ2) is 8.39. The van der Waals surface area contributed by atoms with Crippen molar-refractivity contribution < 1.29 is 13.7 Å². The number of aryl methyl sites for hydroxylation is 2. The predicted molar refractivity (Wildman–Crippen MR) is 116 cm³/mol. The third-order valence-electron chi connectivity index (χ3n) is 4.58. The Bertz CT molecular complexity index is 1230. The summed E-state index contributed by atoms with van der Waals surface area (Å²) in [5, 5.41) is 8.68. The fraction of sp³-hybridized carbons (Fsp3) is 0.0870. The van der Waals surface area contributed by atoms with Crippen molar-refractivity contribution in [3.8, 4) is 22.6 Å². The van der Waals surface area contributed by atoms with Crippen molar-refractivity contribution in [3.05, 3.63) is 88.3 Å². The highest BCUT2D eigenvalue weighted by Gasteiger charge is 2.21. The molecular weight excluding hydrogens is 402 g/mol. The third kappa shape index (κ3) is 4.04. The molecule has 0 atom stereocenters. The molecule has 1 N–H and O–H groups in total. The van der Waals surface area contributed by atoms with E-state index < -0.39 is 5.91 Å². The minimum absolute atomic E-state index is 0.341. The minimum Gasteiger partial charge on any atom is -0.455 e. The van der Waals surface area contributed by atoms with Crippen LogP contribution in [-0.2, 0) is 0 Å². The number of furan rings is 1. The molecule has 6 nitrogen and oxygen atoms in total. The number of carbonyl (C=O) groups is 1. The molecule has 0 radical (unpaired) electrons. The second-order valence-electron chi connectivity index (χ2n) is 6.69. The molecule has 0 aliphatic rings. The van der Waals surface area contributed by atoms with Crippen LogP contribution in [0.2, 0.25) is 5.02 Å². The number of carbonyl (C=O) groups excluding carboxylic acids is 1. The first-order valence-corrected chi connectivity index (χ1v) is 9.62. The normalized spacial score (nSPS) is 11.2. The Kier molecular flexibility index (Phi) is 5.50. The van der Waals surface area contributed by atoms with E-state index in [2.05, 4.69) is 15.7 Å². The first-order valence-electron chi connectivity index (χ1n) is 9.24. The number of aromatic nitrogens is 1. The van der Waals surface area contributed by atoms with Crippen LogP contribution >= 0.6 is 11.6 Å². The summed E-state index contributed by atoms with van der Waals surface area (Å²) in [4.78, 5) is 12.6. The molecule has 0 fully saturated rings. The van der Waals surface area contributed by atoms with E-state index in [1.165, 1.54) is 6.21 Å². The highest BCUT2D eigenvalue weighted by atomic mass is 35.5. The van der Waals surface area contributed by atoms with E-state index in [9.17, 15) is 4.79 Å². The Labute approximate surface area is 178 Å². The molecule has 7 heteroatoms. The lowest BCUT2D eigenvalue weighted by atomic mass is 10.1. The Morgan fingerprint density at radius 2 is 1.87 bits per heavy atom. The zero-order valence-electron chi connectivity index (χ0n) is 16.3. The number of hydrazone groups is 1.